The molecule has 96 valence electrons. The van der Waals surface area contributed by atoms with Crippen molar-refractivity contribution in [2.45, 2.75) is 33.1 Å². The predicted octanol–water partition coefficient (Wildman–Crippen LogP) is 3.03. The first kappa shape index (κ1) is 12.7. The number of phenolic OH excluding ortho intramolecular Hbond substituents is 1. The number of anilines is 1. The van der Waals surface area contributed by atoms with E-state index in [9.17, 15) is 9.90 Å². The lowest BCUT2D eigenvalue weighted by molar-refractivity contribution is -0.115. The molecule has 1 aliphatic heterocycles. The molecular weight excluding hydrogens is 226 g/mol. The number of aryl methyl sites for hydroxylation is 1. The Morgan fingerprint density at radius 2 is 2.28 bits per heavy atom. The average Bonchev–Trinajstić information content (AvgIpc) is 2.38. The Bertz CT molecular complexity index is 491. The minimum absolute atomic E-state index is 0.000648. The molecule has 2 rings (SSSR count). The van der Waals surface area contributed by atoms with Crippen molar-refractivity contribution < 1.29 is 9.90 Å². The Labute approximate surface area is 108 Å². The van der Waals surface area contributed by atoms with E-state index in [4.69, 9.17) is 0 Å². The van der Waals surface area contributed by atoms with Crippen LogP contribution in [0.2, 0.25) is 0 Å². The van der Waals surface area contributed by atoms with E-state index >= 15 is 0 Å². The van der Waals surface area contributed by atoms with Gasteiger partial charge in [0.05, 0.1) is 5.69 Å². The number of carbonyl (C=O) groups excluding carboxylic acids is 1. The van der Waals surface area contributed by atoms with Gasteiger partial charge in [-0.05, 0) is 37.8 Å². The molecule has 1 amide bonds. The van der Waals surface area contributed by atoms with Gasteiger partial charge in [0, 0.05) is 12.1 Å². The lowest BCUT2D eigenvalue weighted by Gasteiger charge is -2.30. The van der Waals surface area contributed by atoms with E-state index in [0.717, 1.165) is 30.4 Å². The summed E-state index contributed by atoms with van der Waals surface area (Å²) in [6.45, 7) is 4.52. The zero-order valence-corrected chi connectivity index (χ0v) is 10.9. The van der Waals surface area contributed by atoms with Crippen molar-refractivity contribution >= 4 is 11.6 Å². The Morgan fingerprint density at radius 3 is 3.00 bits per heavy atom. The van der Waals surface area contributed by atoms with Crippen molar-refractivity contribution in [2.24, 2.45) is 0 Å². The Balaban J connectivity index is 2.39. The van der Waals surface area contributed by atoms with E-state index in [2.05, 4.69) is 0 Å². The van der Waals surface area contributed by atoms with Gasteiger partial charge in [-0.3, -0.25) is 4.79 Å². The standard InChI is InChI=1S/C15H19NO2/c1-3-6-11(2)15(18)16-10-5-8-12-7-4-9-13(17)14(12)16/h4,6-7,9,17H,3,5,8,10H2,1-2H3. The third-order valence-corrected chi connectivity index (χ3v) is 3.29. The van der Waals surface area contributed by atoms with Gasteiger partial charge >= 0.3 is 0 Å². The lowest BCUT2D eigenvalue weighted by Crippen LogP contribution is -2.36. The number of amides is 1. The normalized spacial score (nSPS) is 15.4. The number of phenols is 1. The molecule has 0 bridgehead atoms. The zero-order chi connectivity index (χ0) is 13.1. The van der Waals surface area contributed by atoms with Crippen molar-refractivity contribution in [2.75, 3.05) is 11.4 Å². The quantitative estimate of drug-likeness (QED) is 0.814. The maximum absolute atomic E-state index is 12.3. The van der Waals surface area contributed by atoms with Gasteiger partial charge in [-0.15, -0.1) is 0 Å². The van der Waals surface area contributed by atoms with Gasteiger partial charge < -0.3 is 10.0 Å². The highest BCUT2D eigenvalue weighted by molar-refractivity contribution is 6.06. The van der Waals surface area contributed by atoms with E-state index in [0.29, 0.717) is 12.2 Å². The number of fused-ring (bicyclic) bond motifs is 1. The number of hydrogen-bond acceptors (Lipinski definition) is 2. The fourth-order valence-corrected chi connectivity index (χ4v) is 2.44. The number of para-hydroxylation sites is 1. The first-order valence-corrected chi connectivity index (χ1v) is 6.44. The Morgan fingerprint density at radius 1 is 1.50 bits per heavy atom. The zero-order valence-electron chi connectivity index (χ0n) is 10.9. The second-order valence-corrected chi connectivity index (χ2v) is 4.64. The van der Waals surface area contributed by atoms with Gasteiger partial charge in [-0.25, -0.2) is 0 Å². The number of aromatic hydroxyl groups is 1. The van der Waals surface area contributed by atoms with Crippen LogP contribution in [0.1, 0.15) is 32.3 Å². The maximum Gasteiger partial charge on any atom is 0.253 e. The largest absolute Gasteiger partial charge is 0.506 e. The minimum atomic E-state index is -0.000648. The van der Waals surface area contributed by atoms with E-state index in [1.807, 2.05) is 32.1 Å². The molecule has 0 saturated heterocycles. The highest BCUT2D eigenvalue weighted by Gasteiger charge is 2.25. The summed E-state index contributed by atoms with van der Waals surface area (Å²) < 4.78 is 0. The van der Waals surface area contributed by atoms with Crippen LogP contribution in [0.25, 0.3) is 0 Å². The summed E-state index contributed by atoms with van der Waals surface area (Å²) in [4.78, 5) is 14.1. The number of benzene rings is 1. The summed E-state index contributed by atoms with van der Waals surface area (Å²) in [5.74, 6) is 0.198. The third kappa shape index (κ3) is 2.26. The predicted molar refractivity (Wildman–Crippen MR) is 72.8 cm³/mol. The molecule has 0 unspecified atom stereocenters. The first-order valence-electron chi connectivity index (χ1n) is 6.44. The van der Waals surface area contributed by atoms with Crippen molar-refractivity contribution in [3.8, 4) is 5.75 Å². The van der Waals surface area contributed by atoms with E-state index in [-0.39, 0.29) is 11.7 Å². The molecule has 0 saturated carbocycles. The number of nitrogens with zero attached hydrogens (tertiary/aromatic N) is 1. The minimum Gasteiger partial charge on any atom is -0.506 e. The summed E-state index contributed by atoms with van der Waals surface area (Å²) in [6, 6.07) is 5.45. The third-order valence-electron chi connectivity index (χ3n) is 3.29. The molecule has 1 aliphatic rings. The average molecular weight is 245 g/mol. The molecule has 0 aromatic heterocycles. The molecule has 18 heavy (non-hydrogen) atoms. The van der Waals surface area contributed by atoms with E-state index in [1.54, 1.807) is 11.0 Å². The van der Waals surface area contributed by atoms with E-state index < -0.39 is 0 Å². The number of rotatable bonds is 2. The van der Waals surface area contributed by atoms with Gasteiger partial charge in [0.2, 0.25) is 0 Å². The maximum atomic E-state index is 12.3. The topological polar surface area (TPSA) is 40.5 Å². The fourth-order valence-electron chi connectivity index (χ4n) is 2.44. The molecule has 1 aromatic carbocycles. The molecule has 0 radical (unpaired) electrons. The summed E-state index contributed by atoms with van der Waals surface area (Å²) in [6.07, 6.45) is 4.64. The highest BCUT2D eigenvalue weighted by Crippen LogP contribution is 2.35. The van der Waals surface area contributed by atoms with Gasteiger partial charge in [0.15, 0.2) is 0 Å². The smallest absolute Gasteiger partial charge is 0.253 e. The second kappa shape index (κ2) is 5.25. The van der Waals surface area contributed by atoms with Gasteiger partial charge in [0.25, 0.3) is 5.91 Å². The SMILES string of the molecule is CCC=C(C)C(=O)N1CCCc2cccc(O)c21. The van der Waals surface area contributed by atoms with E-state index in [1.165, 1.54) is 0 Å². The van der Waals surface area contributed by atoms with Crippen LogP contribution in [0.4, 0.5) is 5.69 Å². The van der Waals surface area contributed by atoms with Crippen LogP contribution in [0.15, 0.2) is 29.8 Å². The molecule has 3 heteroatoms. The lowest BCUT2D eigenvalue weighted by atomic mass is 10.00. The highest BCUT2D eigenvalue weighted by atomic mass is 16.3. The Hall–Kier alpha value is -1.77. The molecule has 0 fully saturated rings. The van der Waals surface area contributed by atoms with Crippen LogP contribution in [-0.2, 0) is 11.2 Å². The number of hydrogen-bond donors (Lipinski definition) is 1. The molecular formula is C15H19NO2. The number of carbonyl (C=O) groups is 1. The van der Waals surface area contributed by atoms with Crippen LogP contribution in [0.5, 0.6) is 5.75 Å². The molecule has 1 aromatic rings. The van der Waals surface area contributed by atoms with Crippen LogP contribution >= 0.6 is 0 Å². The monoisotopic (exact) mass is 245 g/mol. The summed E-state index contributed by atoms with van der Waals surface area (Å²) in [7, 11) is 0. The van der Waals surface area contributed by atoms with Crippen molar-refractivity contribution in [1.29, 1.82) is 0 Å². The summed E-state index contributed by atoms with van der Waals surface area (Å²) in [5, 5.41) is 9.97. The number of allylic oxidation sites excluding steroid dienone is 1. The molecule has 0 aliphatic carbocycles. The summed E-state index contributed by atoms with van der Waals surface area (Å²) in [5.41, 5.74) is 2.49. The first-order chi connectivity index (χ1) is 8.65. The molecule has 1 heterocycles. The van der Waals surface area contributed by atoms with Crippen LogP contribution in [0, 0.1) is 0 Å². The van der Waals surface area contributed by atoms with Crippen LogP contribution in [0.3, 0.4) is 0 Å². The Kier molecular flexibility index (Phi) is 3.70. The van der Waals surface area contributed by atoms with Crippen molar-refractivity contribution in [1.82, 2.24) is 0 Å². The fraction of sp³-hybridized carbons (Fsp3) is 0.400. The molecule has 1 N–H and O–H groups in total. The second-order valence-electron chi connectivity index (χ2n) is 4.64. The van der Waals surface area contributed by atoms with Crippen LogP contribution < -0.4 is 4.90 Å². The molecule has 0 atom stereocenters. The van der Waals surface area contributed by atoms with Gasteiger partial charge in [-0.2, -0.15) is 0 Å². The molecule has 3 nitrogen and oxygen atoms in total. The summed E-state index contributed by atoms with van der Waals surface area (Å²) >= 11 is 0. The van der Waals surface area contributed by atoms with Crippen LogP contribution in [-0.4, -0.2) is 17.6 Å². The van der Waals surface area contributed by atoms with Crippen molar-refractivity contribution in [3.63, 3.8) is 0 Å². The van der Waals surface area contributed by atoms with Gasteiger partial charge in [-0.1, -0.05) is 25.1 Å². The molecule has 0 spiro atoms. The van der Waals surface area contributed by atoms with Gasteiger partial charge in [0.1, 0.15) is 5.75 Å². The van der Waals surface area contributed by atoms with Crippen molar-refractivity contribution in [3.05, 3.63) is 35.4 Å².